The Morgan fingerprint density at radius 2 is 2.43 bits per heavy atom. The normalized spacial score (nSPS) is 20.6. The molecule has 0 amide bonds. The summed E-state index contributed by atoms with van der Waals surface area (Å²) in [5.41, 5.74) is 1.81. The molecule has 1 aliphatic rings. The average molecular weight is 192 g/mol. The van der Waals surface area contributed by atoms with Gasteiger partial charge in [-0.25, -0.2) is 4.98 Å². The van der Waals surface area contributed by atoms with E-state index in [1.54, 1.807) is 0 Å². The molecule has 3 nitrogen and oxygen atoms in total. The summed E-state index contributed by atoms with van der Waals surface area (Å²) in [5.74, 6) is 1.75. The fourth-order valence-corrected chi connectivity index (χ4v) is 2.18. The van der Waals surface area contributed by atoms with E-state index < -0.39 is 0 Å². The first kappa shape index (κ1) is 9.44. The standard InChI is InChI=1S/C11H16N2O/c1-3-11-12-9(7-14)10-6-8(2)4-5-13(10)11/h7-8H,3-6H2,1-2H3. The topological polar surface area (TPSA) is 34.9 Å². The van der Waals surface area contributed by atoms with Gasteiger partial charge in [0.25, 0.3) is 0 Å². The van der Waals surface area contributed by atoms with Crippen LogP contribution in [-0.4, -0.2) is 15.8 Å². The van der Waals surface area contributed by atoms with Crippen molar-refractivity contribution in [3.05, 3.63) is 17.2 Å². The second-order valence-electron chi connectivity index (χ2n) is 4.08. The highest BCUT2D eigenvalue weighted by atomic mass is 16.1. The minimum absolute atomic E-state index is 0.661. The lowest BCUT2D eigenvalue weighted by Crippen LogP contribution is -2.19. The van der Waals surface area contributed by atoms with Crippen LogP contribution in [0.5, 0.6) is 0 Å². The van der Waals surface area contributed by atoms with Gasteiger partial charge in [-0.2, -0.15) is 0 Å². The molecule has 0 saturated carbocycles. The Bertz CT molecular complexity index is 354. The summed E-state index contributed by atoms with van der Waals surface area (Å²) in [7, 11) is 0. The molecule has 0 spiro atoms. The minimum atomic E-state index is 0.661. The number of carbonyl (C=O) groups is 1. The average Bonchev–Trinajstić information content (AvgIpc) is 2.55. The maximum Gasteiger partial charge on any atom is 0.170 e. The van der Waals surface area contributed by atoms with E-state index in [4.69, 9.17) is 0 Å². The summed E-state index contributed by atoms with van der Waals surface area (Å²) in [6, 6.07) is 0. The maximum atomic E-state index is 10.8. The van der Waals surface area contributed by atoms with Crippen LogP contribution in [0.15, 0.2) is 0 Å². The van der Waals surface area contributed by atoms with E-state index in [1.165, 1.54) is 6.42 Å². The summed E-state index contributed by atoms with van der Waals surface area (Å²) >= 11 is 0. The predicted octanol–water partition coefficient (Wildman–Crippen LogP) is 1.84. The first-order valence-corrected chi connectivity index (χ1v) is 5.29. The van der Waals surface area contributed by atoms with Crippen molar-refractivity contribution in [2.45, 2.75) is 39.7 Å². The molecule has 0 aromatic carbocycles. The zero-order valence-electron chi connectivity index (χ0n) is 8.79. The van der Waals surface area contributed by atoms with Crippen molar-refractivity contribution in [1.29, 1.82) is 0 Å². The van der Waals surface area contributed by atoms with Gasteiger partial charge in [-0.15, -0.1) is 0 Å². The molecule has 0 bridgehead atoms. The fraction of sp³-hybridized carbons (Fsp3) is 0.636. The van der Waals surface area contributed by atoms with Gasteiger partial charge in [0.2, 0.25) is 0 Å². The van der Waals surface area contributed by atoms with Crippen LogP contribution in [0.25, 0.3) is 0 Å². The van der Waals surface area contributed by atoms with Crippen molar-refractivity contribution in [3.63, 3.8) is 0 Å². The van der Waals surface area contributed by atoms with Gasteiger partial charge >= 0.3 is 0 Å². The SMILES string of the molecule is CCc1nc(C=O)c2n1CCC(C)C2. The zero-order valence-corrected chi connectivity index (χ0v) is 8.79. The summed E-state index contributed by atoms with van der Waals surface area (Å²) < 4.78 is 2.23. The summed E-state index contributed by atoms with van der Waals surface area (Å²) in [6.45, 7) is 5.35. The van der Waals surface area contributed by atoms with E-state index in [1.807, 2.05) is 0 Å². The Kier molecular flexibility index (Phi) is 2.40. The Hall–Kier alpha value is -1.12. The number of rotatable bonds is 2. The largest absolute Gasteiger partial charge is 0.331 e. The van der Waals surface area contributed by atoms with Gasteiger partial charge < -0.3 is 4.57 Å². The molecule has 2 heterocycles. The zero-order chi connectivity index (χ0) is 10.1. The molecule has 1 atom stereocenters. The quantitative estimate of drug-likeness (QED) is 0.670. The Morgan fingerprint density at radius 1 is 1.64 bits per heavy atom. The molecular weight excluding hydrogens is 176 g/mol. The van der Waals surface area contributed by atoms with Crippen molar-refractivity contribution < 1.29 is 4.79 Å². The minimum Gasteiger partial charge on any atom is -0.331 e. The van der Waals surface area contributed by atoms with E-state index >= 15 is 0 Å². The van der Waals surface area contributed by atoms with Crippen LogP contribution >= 0.6 is 0 Å². The van der Waals surface area contributed by atoms with Crippen LogP contribution in [0.2, 0.25) is 0 Å². The molecule has 2 rings (SSSR count). The monoisotopic (exact) mass is 192 g/mol. The van der Waals surface area contributed by atoms with Gasteiger partial charge in [0.1, 0.15) is 11.5 Å². The number of fused-ring (bicyclic) bond motifs is 1. The number of aromatic nitrogens is 2. The molecule has 0 radical (unpaired) electrons. The van der Waals surface area contributed by atoms with Crippen LogP contribution < -0.4 is 0 Å². The van der Waals surface area contributed by atoms with Gasteiger partial charge in [0, 0.05) is 18.7 Å². The van der Waals surface area contributed by atoms with E-state index in [0.717, 1.165) is 37.2 Å². The van der Waals surface area contributed by atoms with E-state index in [-0.39, 0.29) is 0 Å². The van der Waals surface area contributed by atoms with Gasteiger partial charge in [0.15, 0.2) is 6.29 Å². The summed E-state index contributed by atoms with van der Waals surface area (Å²) in [6.07, 6.45) is 4.01. The third-order valence-electron chi connectivity index (χ3n) is 3.00. The molecule has 0 aliphatic carbocycles. The molecule has 1 aromatic heterocycles. The van der Waals surface area contributed by atoms with E-state index in [9.17, 15) is 4.79 Å². The molecule has 0 saturated heterocycles. The molecule has 0 N–H and O–H groups in total. The molecule has 14 heavy (non-hydrogen) atoms. The van der Waals surface area contributed by atoms with Crippen molar-refractivity contribution in [3.8, 4) is 0 Å². The van der Waals surface area contributed by atoms with Gasteiger partial charge in [-0.05, 0) is 18.8 Å². The van der Waals surface area contributed by atoms with Crippen LogP contribution in [0.3, 0.4) is 0 Å². The first-order chi connectivity index (χ1) is 6.76. The van der Waals surface area contributed by atoms with Crippen molar-refractivity contribution >= 4 is 6.29 Å². The highest BCUT2D eigenvalue weighted by Crippen LogP contribution is 2.23. The lowest BCUT2D eigenvalue weighted by molar-refractivity contribution is 0.111. The third kappa shape index (κ3) is 1.37. The number of carbonyl (C=O) groups excluding carboxylic acids is 1. The predicted molar refractivity (Wildman–Crippen MR) is 54.5 cm³/mol. The Morgan fingerprint density at radius 3 is 3.07 bits per heavy atom. The Balaban J connectivity index is 2.47. The van der Waals surface area contributed by atoms with E-state index in [2.05, 4.69) is 23.4 Å². The summed E-state index contributed by atoms with van der Waals surface area (Å²) in [4.78, 5) is 15.2. The third-order valence-corrected chi connectivity index (χ3v) is 3.00. The number of aldehydes is 1. The van der Waals surface area contributed by atoms with Crippen LogP contribution in [0.4, 0.5) is 0 Å². The molecule has 1 aromatic rings. The Labute approximate surface area is 84.1 Å². The summed E-state index contributed by atoms with van der Waals surface area (Å²) in [5, 5.41) is 0. The smallest absolute Gasteiger partial charge is 0.170 e. The number of imidazole rings is 1. The molecule has 0 fully saturated rings. The van der Waals surface area contributed by atoms with Crippen molar-refractivity contribution in [2.24, 2.45) is 5.92 Å². The first-order valence-electron chi connectivity index (χ1n) is 5.29. The molecule has 1 unspecified atom stereocenters. The molecular formula is C11H16N2O. The molecule has 76 valence electrons. The van der Waals surface area contributed by atoms with Gasteiger partial charge in [-0.3, -0.25) is 4.79 Å². The molecule has 3 heteroatoms. The van der Waals surface area contributed by atoms with Crippen LogP contribution in [0.1, 0.15) is 42.3 Å². The van der Waals surface area contributed by atoms with E-state index in [0.29, 0.717) is 11.6 Å². The maximum absolute atomic E-state index is 10.8. The second kappa shape index (κ2) is 3.56. The number of hydrogen-bond acceptors (Lipinski definition) is 2. The van der Waals surface area contributed by atoms with Gasteiger partial charge in [-0.1, -0.05) is 13.8 Å². The lowest BCUT2D eigenvalue weighted by Gasteiger charge is -2.21. The van der Waals surface area contributed by atoms with Crippen molar-refractivity contribution in [2.75, 3.05) is 0 Å². The van der Waals surface area contributed by atoms with Gasteiger partial charge in [0.05, 0.1) is 0 Å². The lowest BCUT2D eigenvalue weighted by atomic mass is 9.97. The van der Waals surface area contributed by atoms with Crippen LogP contribution in [-0.2, 0) is 19.4 Å². The number of aryl methyl sites for hydroxylation is 1. The highest BCUT2D eigenvalue weighted by molar-refractivity contribution is 5.74. The van der Waals surface area contributed by atoms with Crippen LogP contribution in [0, 0.1) is 5.92 Å². The van der Waals surface area contributed by atoms with Crippen molar-refractivity contribution in [1.82, 2.24) is 9.55 Å². The second-order valence-corrected chi connectivity index (χ2v) is 4.08. The number of hydrogen-bond donors (Lipinski definition) is 0. The fourth-order valence-electron chi connectivity index (χ4n) is 2.18. The highest BCUT2D eigenvalue weighted by Gasteiger charge is 2.21. The number of nitrogens with zero attached hydrogens (tertiary/aromatic N) is 2. The molecule has 1 aliphatic heterocycles.